The van der Waals surface area contributed by atoms with Gasteiger partial charge in [0.15, 0.2) is 6.10 Å². The maximum Gasteiger partial charge on any atom is 0.334 e. The lowest BCUT2D eigenvalue weighted by molar-refractivity contribution is -0.154. The number of aliphatic carboxylic acids is 1. The van der Waals surface area contributed by atoms with Gasteiger partial charge in [0.1, 0.15) is 5.69 Å². The summed E-state index contributed by atoms with van der Waals surface area (Å²) in [6.07, 6.45) is 2.05. The highest BCUT2D eigenvalue weighted by molar-refractivity contribution is 5.92. The van der Waals surface area contributed by atoms with Crippen LogP contribution in [0, 0.1) is 0 Å². The van der Waals surface area contributed by atoms with Crippen LogP contribution in [-0.2, 0) is 16.6 Å². The predicted octanol–water partition coefficient (Wildman–Crippen LogP) is -0.654. The summed E-state index contributed by atoms with van der Waals surface area (Å²) in [6.45, 7) is 0.702. The molecular weight excluding hydrogens is 226 g/mol. The third-order valence-corrected chi connectivity index (χ3v) is 2.66. The number of hydrogen-bond acceptors (Lipinski definition) is 4. The number of rotatable bonds is 2. The molecule has 1 fully saturated rings. The number of hydrogen-bond donors (Lipinski definition) is 1. The second-order valence-corrected chi connectivity index (χ2v) is 3.84. The Hall–Kier alpha value is -1.89. The van der Waals surface area contributed by atoms with E-state index in [4.69, 9.17) is 9.84 Å². The average Bonchev–Trinajstić information content (AvgIpc) is 2.74. The Morgan fingerprint density at radius 2 is 2.35 bits per heavy atom. The minimum atomic E-state index is -1.05. The van der Waals surface area contributed by atoms with E-state index >= 15 is 0 Å². The Morgan fingerprint density at radius 3 is 2.94 bits per heavy atom. The lowest BCUT2D eigenvalue weighted by Gasteiger charge is -2.30. The van der Waals surface area contributed by atoms with E-state index in [1.165, 1.54) is 17.4 Å². The van der Waals surface area contributed by atoms with Crippen molar-refractivity contribution in [3.05, 3.63) is 18.2 Å². The van der Waals surface area contributed by atoms with Crippen LogP contribution in [0.3, 0.4) is 0 Å². The van der Waals surface area contributed by atoms with Crippen molar-refractivity contribution < 1.29 is 19.4 Å². The molecule has 2 heterocycles. The maximum absolute atomic E-state index is 12.1. The van der Waals surface area contributed by atoms with Gasteiger partial charge in [-0.25, -0.2) is 9.78 Å². The Kier molecular flexibility index (Phi) is 3.10. The van der Waals surface area contributed by atoms with E-state index in [9.17, 15) is 9.59 Å². The number of carbonyl (C=O) groups is 2. The number of aryl methyl sites for hydroxylation is 1. The normalized spacial score (nSPS) is 20.3. The van der Waals surface area contributed by atoms with Gasteiger partial charge in [0.05, 0.1) is 25.7 Å². The van der Waals surface area contributed by atoms with Crippen LogP contribution in [0.1, 0.15) is 10.5 Å². The molecule has 0 aliphatic carbocycles. The van der Waals surface area contributed by atoms with Crippen molar-refractivity contribution in [2.45, 2.75) is 6.10 Å². The SMILES string of the molecule is Cn1cncc1C(=O)N1CCOC(C(=O)O)C1. The van der Waals surface area contributed by atoms with Crippen LogP contribution in [0.4, 0.5) is 0 Å². The number of ether oxygens (including phenoxy) is 1. The van der Waals surface area contributed by atoms with Crippen LogP contribution in [0.5, 0.6) is 0 Å². The third kappa shape index (κ3) is 2.28. The molecule has 1 amide bonds. The first kappa shape index (κ1) is 11.6. The molecule has 92 valence electrons. The summed E-state index contributed by atoms with van der Waals surface area (Å²) in [5.74, 6) is -1.27. The van der Waals surface area contributed by atoms with Crippen molar-refractivity contribution in [3.8, 4) is 0 Å². The van der Waals surface area contributed by atoms with E-state index < -0.39 is 12.1 Å². The Morgan fingerprint density at radius 1 is 1.59 bits per heavy atom. The molecule has 1 aromatic rings. The highest BCUT2D eigenvalue weighted by Gasteiger charge is 2.30. The summed E-state index contributed by atoms with van der Waals surface area (Å²) in [6, 6.07) is 0. The van der Waals surface area contributed by atoms with Gasteiger partial charge in [0, 0.05) is 13.6 Å². The second-order valence-electron chi connectivity index (χ2n) is 3.84. The molecule has 0 radical (unpaired) electrons. The number of amides is 1. The van der Waals surface area contributed by atoms with Gasteiger partial charge in [0.25, 0.3) is 5.91 Å². The number of aromatic nitrogens is 2. The van der Waals surface area contributed by atoms with Gasteiger partial charge >= 0.3 is 5.97 Å². The molecule has 7 nitrogen and oxygen atoms in total. The number of nitrogens with zero attached hydrogens (tertiary/aromatic N) is 3. The molecule has 1 aliphatic heterocycles. The maximum atomic E-state index is 12.1. The quantitative estimate of drug-likeness (QED) is 0.741. The fourth-order valence-electron chi connectivity index (χ4n) is 1.71. The average molecular weight is 239 g/mol. The molecule has 1 aromatic heterocycles. The Balaban J connectivity index is 2.10. The zero-order valence-electron chi connectivity index (χ0n) is 9.37. The lowest BCUT2D eigenvalue weighted by Crippen LogP contribution is -2.48. The van der Waals surface area contributed by atoms with E-state index in [0.717, 1.165) is 0 Å². The molecule has 1 atom stereocenters. The third-order valence-electron chi connectivity index (χ3n) is 2.66. The van der Waals surface area contributed by atoms with Gasteiger partial charge in [-0.15, -0.1) is 0 Å². The van der Waals surface area contributed by atoms with Crippen molar-refractivity contribution in [1.82, 2.24) is 14.5 Å². The fourth-order valence-corrected chi connectivity index (χ4v) is 1.71. The summed E-state index contributed by atoms with van der Waals surface area (Å²) < 4.78 is 6.66. The topological polar surface area (TPSA) is 84.7 Å². The van der Waals surface area contributed by atoms with E-state index in [0.29, 0.717) is 12.2 Å². The number of carbonyl (C=O) groups excluding carboxylic acids is 1. The molecule has 7 heteroatoms. The standard InChI is InChI=1S/C10H13N3O4/c1-12-6-11-4-7(12)9(14)13-2-3-17-8(5-13)10(15)16/h4,6,8H,2-3,5H2,1H3,(H,15,16). The van der Waals surface area contributed by atoms with Gasteiger partial charge < -0.3 is 19.3 Å². The summed E-state index contributed by atoms with van der Waals surface area (Å²) in [5, 5.41) is 8.84. The fraction of sp³-hybridized carbons (Fsp3) is 0.500. The van der Waals surface area contributed by atoms with Gasteiger partial charge in [-0.05, 0) is 0 Å². The van der Waals surface area contributed by atoms with E-state index in [2.05, 4.69) is 4.98 Å². The van der Waals surface area contributed by atoms with E-state index in [1.807, 2.05) is 0 Å². The molecule has 1 aliphatic rings. The first-order valence-corrected chi connectivity index (χ1v) is 5.19. The summed E-state index contributed by atoms with van der Waals surface area (Å²) >= 11 is 0. The van der Waals surface area contributed by atoms with Crippen LogP contribution in [-0.4, -0.2) is 57.2 Å². The zero-order chi connectivity index (χ0) is 12.4. The molecule has 17 heavy (non-hydrogen) atoms. The van der Waals surface area contributed by atoms with Gasteiger partial charge in [-0.3, -0.25) is 4.79 Å². The number of carboxylic acids is 1. The first-order valence-electron chi connectivity index (χ1n) is 5.19. The van der Waals surface area contributed by atoms with Gasteiger partial charge in [-0.1, -0.05) is 0 Å². The van der Waals surface area contributed by atoms with Crippen molar-refractivity contribution in [2.24, 2.45) is 7.05 Å². The van der Waals surface area contributed by atoms with Crippen LogP contribution in [0.25, 0.3) is 0 Å². The summed E-state index contributed by atoms with van der Waals surface area (Å²) in [7, 11) is 1.72. The lowest BCUT2D eigenvalue weighted by atomic mass is 10.2. The number of carboxylic acid groups (broad SMARTS) is 1. The van der Waals surface area contributed by atoms with Crippen molar-refractivity contribution in [2.75, 3.05) is 19.7 Å². The minimum absolute atomic E-state index is 0.0688. The van der Waals surface area contributed by atoms with Crippen molar-refractivity contribution in [1.29, 1.82) is 0 Å². The highest BCUT2D eigenvalue weighted by Crippen LogP contribution is 2.10. The molecular formula is C10H13N3O4. The number of morpholine rings is 1. The van der Waals surface area contributed by atoms with Crippen LogP contribution < -0.4 is 0 Å². The van der Waals surface area contributed by atoms with Crippen LogP contribution >= 0.6 is 0 Å². The van der Waals surface area contributed by atoms with Crippen molar-refractivity contribution in [3.63, 3.8) is 0 Å². The summed E-state index contributed by atoms with van der Waals surface area (Å²) in [4.78, 5) is 28.2. The molecule has 1 unspecified atom stereocenters. The molecule has 0 spiro atoms. The first-order chi connectivity index (χ1) is 8.09. The molecule has 0 bridgehead atoms. The zero-order valence-corrected chi connectivity index (χ0v) is 9.37. The summed E-state index contributed by atoms with van der Waals surface area (Å²) in [5.41, 5.74) is 0.441. The monoisotopic (exact) mass is 239 g/mol. The smallest absolute Gasteiger partial charge is 0.334 e. The van der Waals surface area contributed by atoms with Crippen molar-refractivity contribution >= 4 is 11.9 Å². The predicted molar refractivity (Wildman–Crippen MR) is 56.5 cm³/mol. The highest BCUT2D eigenvalue weighted by atomic mass is 16.5. The molecule has 1 saturated heterocycles. The molecule has 1 N–H and O–H groups in total. The minimum Gasteiger partial charge on any atom is -0.479 e. The molecule has 0 aromatic carbocycles. The van der Waals surface area contributed by atoms with Gasteiger partial charge in [-0.2, -0.15) is 0 Å². The molecule has 0 saturated carbocycles. The van der Waals surface area contributed by atoms with Gasteiger partial charge in [0.2, 0.25) is 0 Å². The molecule has 2 rings (SSSR count). The van der Waals surface area contributed by atoms with E-state index in [-0.39, 0.29) is 19.1 Å². The Bertz CT molecular complexity index is 443. The van der Waals surface area contributed by atoms with Crippen LogP contribution in [0.15, 0.2) is 12.5 Å². The number of imidazole rings is 1. The largest absolute Gasteiger partial charge is 0.479 e. The van der Waals surface area contributed by atoms with E-state index in [1.54, 1.807) is 11.6 Å². The van der Waals surface area contributed by atoms with Crippen LogP contribution in [0.2, 0.25) is 0 Å². The second kappa shape index (κ2) is 4.54. The Labute approximate surface area is 97.6 Å².